The van der Waals surface area contributed by atoms with Gasteiger partial charge in [-0.25, -0.2) is 4.39 Å². The van der Waals surface area contributed by atoms with Crippen molar-refractivity contribution in [1.82, 2.24) is 4.90 Å². The molecule has 0 amide bonds. The highest BCUT2D eigenvalue weighted by Gasteiger charge is 2.38. The van der Waals surface area contributed by atoms with Crippen LogP contribution in [0.4, 0.5) is 10.1 Å². The SMILES string of the molecule is Fc1ccc2c(c1)NCCC1(CCN(Cc3ccccc3)CC1)O2. The molecule has 2 heterocycles. The third-order valence-electron chi connectivity index (χ3n) is 5.18. The summed E-state index contributed by atoms with van der Waals surface area (Å²) in [6.45, 7) is 3.89. The molecule has 0 aliphatic carbocycles. The average molecular weight is 326 g/mol. The predicted molar refractivity (Wildman–Crippen MR) is 93.8 cm³/mol. The molecule has 3 nitrogen and oxygen atoms in total. The lowest BCUT2D eigenvalue weighted by Gasteiger charge is -2.41. The van der Waals surface area contributed by atoms with Crippen LogP contribution in [0.5, 0.6) is 5.75 Å². The molecule has 1 fully saturated rings. The highest BCUT2D eigenvalue weighted by Crippen LogP contribution is 2.38. The lowest BCUT2D eigenvalue weighted by Crippen LogP contribution is -2.48. The van der Waals surface area contributed by atoms with E-state index in [9.17, 15) is 4.39 Å². The van der Waals surface area contributed by atoms with Crippen LogP contribution >= 0.6 is 0 Å². The van der Waals surface area contributed by atoms with Gasteiger partial charge in [0.1, 0.15) is 17.2 Å². The number of hydrogen-bond acceptors (Lipinski definition) is 3. The number of likely N-dealkylation sites (tertiary alicyclic amines) is 1. The van der Waals surface area contributed by atoms with Crippen molar-refractivity contribution >= 4 is 5.69 Å². The Kier molecular flexibility index (Phi) is 4.15. The summed E-state index contributed by atoms with van der Waals surface area (Å²) in [6.07, 6.45) is 2.99. The van der Waals surface area contributed by atoms with Gasteiger partial charge in [0.25, 0.3) is 0 Å². The first-order valence-corrected chi connectivity index (χ1v) is 8.71. The zero-order valence-corrected chi connectivity index (χ0v) is 13.8. The van der Waals surface area contributed by atoms with Gasteiger partial charge in [-0.15, -0.1) is 0 Å². The smallest absolute Gasteiger partial charge is 0.143 e. The predicted octanol–water partition coefficient (Wildman–Crippen LogP) is 4.05. The Morgan fingerprint density at radius 1 is 1.04 bits per heavy atom. The van der Waals surface area contributed by atoms with E-state index in [0.717, 1.165) is 56.9 Å². The van der Waals surface area contributed by atoms with Gasteiger partial charge in [-0.1, -0.05) is 30.3 Å². The van der Waals surface area contributed by atoms with E-state index in [2.05, 4.69) is 40.5 Å². The maximum atomic E-state index is 13.4. The third kappa shape index (κ3) is 3.24. The fraction of sp³-hybridized carbons (Fsp3) is 0.400. The lowest BCUT2D eigenvalue weighted by atomic mass is 9.87. The number of fused-ring (bicyclic) bond motifs is 1. The highest BCUT2D eigenvalue weighted by molar-refractivity contribution is 5.57. The molecule has 0 atom stereocenters. The average Bonchev–Trinajstić information content (AvgIpc) is 2.77. The molecule has 0 unspecified atom stereocenters. The summed E-state index contributed by atoms with van der Waals surface area (Å²) in [5, 5.41) is 3.31. The maximum Gasteiger partial charge on any atom is 0.143 e. The molecular weight excluding hydrogens is 303 g/mol. The molecule has 4 rings (SSSR count). The standard InChI is InChI=1S/C20H23FN2O/c21-17-6-7-19-18(14-17)22-11-8-20(24-19)9-12-23(13-10-20)15-16-4-2-1-3-5-16/h1-7,14,22H,8-13,15H2. The van der Waals surface area contributed by atoms with Crippen LogP contribution in [0.3, 0.4) is 0 Å². The van der Waals surface area contributed by atoms with Crippen molar-refractivity contribution in [3.63, 3.8) is 0 Å². The first-order chi connectivity index (χ1) is 11.7. The Morgan fingerprint density at radius 2 is 1.83 bits per heavy atom. The monoisotopic (exact) mass is 326 g/mol. The Labute approximate surface area is 142 Å². The van der Waals surface area contributed by atoms with Crippen molar-refractivity contribution < 1.29 is 9.13 Å². The molecular formula is C20H23FN2O. The third-order valence-corrected chi connectivity index (χ3v) is 5.18. The summed E-state index contributed by atoms with van der Waals surface area (Å²) < 4.78 is 19.8. The van der Waals surface area contributed by atoms with E-state index in [1.54, 1.807) is 6.07 Å². The van der Waals surface area contributed by atoms with Gasteiger partial charge in [-0.05, 0) is 30.5 Å². The Morgan fingerprint density at radius 3 is 2.62 bits per heavy atom. The van der Waals surface area contributed by atoms with Gasteiger partial charge in [0.15, 0.2) is 0 Å². The molecule has 24 heavy (non-hydrogen) atoms. The number of nitrogens with one attached hydrogen (secondary N) is 1. The minimum absolute atomic E-state index is 0.122. The number of ether oxygens (including phenoxy) is 1. The van der Waals surface area contributed by atoms with E-state index in [1.165, 1.54) is 17.7 Å². The molecule has 2 aliphatic heterocycles. The van der Waals surface area contributed by atoms with Gasteiger partial charge in [-0.2, -0.15) is 0 Å². The number of rotatable bonds is 2. The Bertz CT molecular complexity index is 696. The highest BCUT2D eigenvalue weighted by atomic mass is 19.1. The molecule has 1 spiro atoms. The second-order valence-corrected chi connectivity index (χ2v) is 6.86. The zero-order valence-electron chi connectivity index (χ0n) is 13.8. The van der Waals surface area contributed by atoms with Crippen molar-refractivity contribution in [1.29, 1.82) is 0 Å². The summed E-state index contributed by atoms with van der Waals surface area (Å²) in [6, 6.07) is 15.4. The van der Waals surface area contributed by atoms with E-state index in [1.807, 2.05) is 0 Å². The van der Waals surface area contributed by atoms with Gasteiger partial charge in [0.05, 0.1) is 5.69 Å². The van der Waals surface area contributed by atoms with Crippen molar-refractivity contribution in [3.05, 3.63) is 59.9 Å². The molecule has 2 aromatic carbocycles. The Hall–Kier alpha value is -2.07. The van der Waals surface area contributed by atoms with Crippen molar-refractivity contribution in [2.24, 2.45) is 0 Å². The van der Waals surface area contributed by atoms with Gasteiger partial charge in [0.2, 0.25) is 0 Å². The van der Waals surface area contributed by atoms with Crippen molar-refractivity contribution in [3.8, 4) is 5.75 Å². The molecule has 1 saturated heterocycles. The topological polar surface area (TPSA) is 24.5 Å². The van der Waals surface area contributed by atoms with Crippen LogP contribution in [0.2, 0.25) is 0 Å². The van der Waals surface area contributed by atoms with Crippen LogP contribution < -0.4 is 10.1 Å². The fourth-order valence-corrected chi connectivity index (χ4v) is 3.75. The normalized spacial score (nSPS) is 19.9. The molecule has 0 saturated carbocycles. The first kappa shape index (κ1) is 15.5. The molecule has 126 valence electrons. The largest absolute Gasteiger partial charge is 0.485 e. The molecule has 4 heteroatoms. The van der Waals surface area contributed by atoms with Crippen molar-refractivity contribution in [2.75, 3.05) is 25.0 Å². The number of halogens is 1. The number of nitrogens with zero attached hydrogens (tertiary/aromatic N) is 1. The van der Waals surface area contributed by atoms with E-state index < -0.39 is 0 Å². The maximum absolute atomic E-state index is 13.4. The van der Waals surface area contributed by atoms with Gasteiger partial charge < -0.3 is 10.1 Å². The summed E-state index contributed by atoms with van der Waals surface area (Å²) in [7, 11) is 0. The van der Waals surface area contributed by atoms with Crippen LogP contribution in [0, 0.1) is 5.82 Å². The quantitative estimate of drug-likeness (QED) is 0.901. The van der Waals surface area contributed by atoms with Gasteiger partial charge in [-0.3, -0.25) is 4.90 Å². The van der Waals surface area contributed by atoms with Crippen LogP contribution in [-0.2, 0) is 6.54 Å². The van der Waals surface area contributed by atoms with Crippen LogP contribution in [0.15, 0.2) is 48.5 Å². The first-order valence-electron chi connectivity index (χ1n) is 8.71. The fourth-order valence-electron chi connectivity index (χ4n) is 3.75. The van der Waals surface area contributed by atoms with E-state index >= 15 is 0 Å². The summed E-state index contributed by atoms with van der Waals surface area (Å²) in [5.74, 6) is 0.559. The van der Waals surface area contributed by atoms with E-state index in [-0.39, 0.29) is 11.4 Å². The van der Waals surface area contributed by atoms with Crippen LogP contribution in [0.25, 0.3) is 0 Å². The lowest BCUT2D eigenvalue weighted by molar-refractivity contribution is -0.00188. The Balaban J connectivity index is 1.43. The van der Waals surface area contributed by atoms with Crippen LogP contribution in [-0.4, -0.2) is 30.1 Å². The van der Waals surface area contributed by atoms with Crippen molar-refractivity contribution in [2.45, 2.75) is 31.4 Å². The number of hydrogen-bond donors (Lipinski definition) is 1. The number of benzene rings is 2. The molecule has 0 radical (unpaired) electrons. The molecule has 2 aliphatic rings. The number of anilines is 1. The minimum Gasteiger partial charge on any atom is -0.485 e. The van der Waals surface area contributed by atoms with Crippen LogP contribution in [0.1, 0.15) is 24.8 Å². The second kappa shape index (κ2) is 6.44. The molecule has 2 aromatic rings. The molecule has 0 bridgehead atoms. The van der Waals surface area contributed by atoms with E-state index in [0.29, 0.717) is 0 Å². The molecule has 1 N–H and O–H groups in total. The van der Waals surface area contributed by atoms with Gasteiger partial charge in [0, 0.05) is 38.7 Å². The minimum atomic E-state index is -0.224. The zero-order chi connectivity index (χ0) is 16.4. The number of piperidine rings is 1. The second-order valence-electron chi connectivity index (χ2n) is 6.86. The summed E-state index contributed by atoms with van der Waals surface area (Å²) >= 11 is 0. The summed E-state index contributed by atoms with van der Waals surface area (Å²) in [5.41, 5.74) is 2.01. The molecule has 0 aromatic heterocycles. The van der Waals surface area contributed by atoms with E-state index in [4.69, 9.17) is 4.74 Å². The summed E-state index contributed by atoms with van der Waals surface area (Å²) in [4.78, 5) is 2.49. The van der Waals surface area contributed by atoms with Gasteiger partial charge >= 0.3 is 0 Å².